The Morgan fingerprint density at radius 1 is 1.24 bits per heavy atom. The minimum absolute atomic E-state index is 0.0437. The molecule has 3 nitrogen and oxygen atoms in total. The van der Waals surface area contributed by atoms with Crippen LogP contribution in [0.2, 0.25) is 0 Å². The number of carbonyl (C=O) groups excluding carboxylic acids is 1. The van der Waals surface area contributed by atoms with Gasteiger partial charge in [0.05, 0.1) is 12.7 Å². The number of aryl methyl sites for hydroxylation is 1. The van der Waals surface area contributed by atoms with Gasteiger partial charge >= 0.3 is 0 Å². The molecular formula is C14H21NO2. The van der Waals surface area contributed by atoms with Gasteiger partial charge in [-0.3, -0.25) is 4.79 Å². The minimum atomic E-state index is 0.0437. The van der Waals surface area contributed by atoms with E-state index in [0.29, 0.717) is 11.3 Å². The molecule has 94 valence electrons. The maximum Gasteiger partial charge on any atom is 0.257 e. The molecule has 0 radical (unpaired) electrons. The van der Waals surface area contributed by atoms with Gasteiger partial charge in [-0.25, -0.2) is 0 Å². The molecule has 0 aliphatic heterocycles. The van der Waals surface area contributed by atoms with Crippen molar-refractivity contribution in [1.29, 1.82) is 0 Å². The molecule has 1 rings (SSSR count). The van der Waals surface area contributed by atoms with E-state index in [1.807, 2.05) is 32.0 Å². The maximum atomic E-state index is 12.3. The molecule has 0 aliphatic carbocycles. The summed E-state index contributed by atoms with van der Waals surface area (Å²) in [5, 5.41) is 0. The summed E-state index contributed by atoms with van der Waals surface area (Å²) in [6.45, 7) is 7.46. The third-order valence-corrected chi connectivity index (χ3v) is 2.96. The number of methoxy groups -OCH3 is 1. The maximum absolute atomic E-state index is 12.3. The molecule has 0 N–H and O–H groups in total. The third kappa shape index (κ3) is 2.78. The SMILES string of the molecule is CCc1cccc(C(=O)N(CC)CC)c1OC. The van der Waals surface area contributed by atoms with Gasteiger partial charge in [0.25, 0.3) is 5.91 Å². The van der Waals surface area contributed by atoms with Crippen molar-refractivity contribution in [2.75, 3.05) is 20.2 Å². The van der Waals surface area contributed by atoms with Crippen LogP contribution in [0.5, 0.6) is 5.75 Å². The number of rotatable bonds is 5. The van der Waals surface area contributed by atoms with E-state index in [1.54, 1.807) is 12.0 Å². The minimum Gasteiger partial charge on any atom is -0.496 e. The van der Waals surface area contributed by atoms with Crippen LogP contribution in [-0.2, 0) is 6.42 Å². The Morgan fingerprint density at radius 3 is 2.35 bits per heavy atom. The Balaban J connectivity index is 3.16. The molecule has 1 aromatic rings. The molecular weight excluding hydrogens is 214 g/mol. The highest BCUT2D eigenvalue weighted by molar-refractivity contribution is 5.97. The second kappa shape index (κ2) is 6.28. The lowest BCUT2D eigenvalue weighted by atomic mass is 10.1. The van der Waals surface area contributed by atoms with Crippen molar-refractivity contribution in [2.24, 2.45) is 0 Å². The molecule has 0 heterocycles. The first-order valence-electron chi connectivity index (χ1n) is 6.14. The standard InChI is InChI=1S/C14H21NO2/c1-5-11-9-8-10-12(13(11)17-4)14(16)15(6-2)7-3/h8-10H,5-7H2,1-4H3. The predicted molar refractivity (Wildman–Crippen MR) is 69.6 cm³/mol. The van der Waals surface area contributed by atoms with Crippen LogP contribution in [0.15, 0.2) is 18.2 Å². The fraction of sp³-hybridized carbons (Fsp3) is 0.500. The smallest absolute Gasteiger partial charge is 0.257 e. The van der Waals surface area contributed by atoms with Crippen LogP contribution in [0.1, 0.15) is 36.7 Å². The van der Waals surface area contributed by atoms with Crippen LogP contribution in [0.3, 0.4) is 0 Å². The molecule has 1 amide bonds. The first-order valence-corrected chi connectivity index (χ1v) is 6.14. The average molecular weight is 235 g/mol. The summed E-state index contributed by atoms with van der Waals surface area (Å²) < 4.78 is 5.38. The van der Waals surface area contributed by atoms with Crippen molar-refractivity contribution < 1.29 is 9.53 Å². The zero-order valence-corrected chi connectivity index (χ0v) is 11.1. The first-order chi connectivity index (χ1) is 8.19. The van der Waals surface area contributed by atoms with Crippen LogP contribution in [0.25, 0.3) is 0 Å². The number of hydrogen-bond acceptors (Lipinski definition) is 2. The Bertz CT molecular complexity index is 384. The van der Waals surface area contributed by atoms with Crippen LogP contribution in [-0.4, -0.2) is 31.0 Å². The van der Waals surface area contributed by atoms with Crippen LogP contribution in [0, 0.1) is 0 Å². The Kier molecular flexibility index (Phi) is 5.01. The van der Waals surface area contributed by atoms with E-state index in [-0.39, 0.29) is 5.91 Å². The van der Waals surface area contributed by atoms with Gasteiger partial charge in [-0.15, -0.1) is 0 Å². The average Bonchev–Trinajstić information content (AvgIpc) is 2.38. The van der Waals surface area contributed by atoms with Crippen molar-refractivity contribution >= 4 is 5.91 Å². The zero-order chi connectivity index (χ0) is 12.8. The lowest BCUT2D eigenvalue weighted by Crippen LogP contribution is -2.30. The second-order valence-electron chi connectivity index (χ2n) is 3.83. The van der Waals surface area contributed by atoms with Crippen molar-refractivity contribution in [2.45, 2.75) is 27.2 Å². The molecule has 0 aromatic heterocycles. The van der Waals surface area contributed by atoms with E-state index in [1.165, 1.54) is 0 Å². The molecule has 0 saturated carbocycles. The van der Waals surface area contributed by atoms with Crippen molar-refractivity contribution in [3.05, 3.63) is 29.3 Å². The van der Waals surface area contributed by atoms with E-state index < -0.39 is 0 Å². The summed E-state index contributed by atoms with van der Waals surface area (Å²) in [6, 6.07) is 5.74. The summed E-state index contributed by atoms with van der Waals surface area (Å²) in [7, 11) is 1.62. The lowest BCUT2D eigenvalue weighted by Gasteiger charge is -2.21. The molecule has 0 bridgehead atoms. The Hall–Kier alpha value is -1.51. The van der Waals surface area contributed by atoms with Gasteiger partial charge in [0.2, 0.25) is 0 Å². The molecule has 1 aromatic carbocycles. The lowest BCUT2D eigenvalue weighted by molar-refractivity contribution is 0.0769. The number of ether oxygens (including phenoxy) is 1. The number of nitrogens with zero attached hydrogens (tertiary/aromatic N) is 1. The van der Waals surface area contributed by atoms with E-state index >= 15 is 0 Å². The summed E-state index contributed by atoms with van der Waals surface area (Å²) in [5.41, 5.74) is 1.74. The molecule has 0 saturated heterocycles. The van der Waals surface area contributed by atoms with Gasteiger partial charge in [-0.05, 0) is 31.9 Å². The summed E-state index contributed by atoms with van der Waals surface area (Å²) >= 11 is 0. The molecule has 0 unspecified atom stereocenters. The van der Waals surface area contributed by atoms with Crippen molar-refractivity contribution in [1.82, 2.24) is 4.90 Å². The van der Waals surface area contributed by atoms with E-state index in [4.69, 9.17) is 4.74 Å². The highest BCUT2D eigenvalue weighted by Gasteiger charge is 2.18. The predicted octanol–water partition coefficient (Wildman–Crippen LogP) is 2.74. The van der Waals surface area contributed by atoms with Crippen molar-refractivity contribution in [3.8, 4) is 5.75 Å². The quantitative estimate of drug-likeness (QED) is 0.785. The van der Waals surface area contributed by atoms with Gasteiger partial charge in [-0.1, -0.05) is 19.1 Å². The molecule has 17 heavy (non-hydrogen) atoms. The van der Waals surface area contributed by atoms with E-state index in [0.717, 1.165) is 25.1 Å². The zero-order valence-electron chi connectivity index (χ0n) is 11.1. The fourth-order valence-corrected chi connectivity index (χ4v) is 1.95. The van der Waals surface area contributed by atoms with Gasteiger partial charge in [-0.2, -0.15) is 0 Å². The molecule has 0 aliphatic rings. The summed E-state index contributed by atoms with van der Waals surface area (Å²) in [4.78, 5) is 14.1. The van der Waals surface area contributed by atoms with Crippen LogP contribution >= 0.6 is 0 Å². The Morgan fingerprint density at radius 2 is 1.88 bits per heavy atom. The van der Waals surface area contributed by atoms with Gasteiger partial charge < -0.3 is 9.64 Å². The largest absolute Gasteiger partial charge is 0.496 e. The fourth-order valence-electron chi connectivity index (χ4n) is 1.95. The van der Waals surface area contributed by atoms with Crippen LogP contribution < -0.4 is 4.74 Å². The molecule has 0 spiro atoms. The first kappa shape index (κ1) is 13.6. The highest BCUT2D eigenvalue weighted by atomic mass is 16.5. The number of para-hydroxylation sites is 1. The van der Waals surface area contributed by atoms with E-state index in [9.17, 15) is 4.79 Å². The molecule has 3 heteroatoms. The second-order valence-corrected chi connectivity index (χ2v) is 3.83. The normalized spacial score (nSPS) is 10.1. The van der Waals surface area contributed by atoms with Crippen LogP contribution in [0.4, 0.5) is 0 Å². The van der Waals surface area contributed by atoms with Gasteiger partial charge in [0.1, 0.15) is 5.75 Å². The third-order valence-electron chi connectivity index (χ3n) is 2.96. The Labute approximate surface area is 103 Å². The van der Waals surface area contributed by atoms with Gasteiger partial charge in [0.15, 0.2) is 0 Å². The number of hydrogen-bond donors (Lipinski definition) is 0. The monoisotopic (exact) mass is 235 g/mol. The molecule has 0 fully saturated rings. The van der Waals surface area contributed by atoms with Crippen molar-refractivity contribution in [3.63, 3.8) is 0 Å². The topological polar surface area (TPSA) is 29.5 Å². The summed E-state index contributed by atoms with van der Waals surface area (Å²) in [5.74, 6) is 0.758. The number of benzene rings is 1. The number of carbonyl (C=O) groups is 1. The summed E-state index contributed by atoms with van der Waals surface area (Å²) in [6.07, 6.45) is 0.864. The van der Waals surface area contributed by atoms with E-state index in [2.05, 4.69) is 6.92 Å². The number of amides is 1. The highest BCUT2D eigenvalue weighted by Crippen LogP contribution is 2.25. The van der Waals surface area contributed by atoms with Gasteiger partial charge in [0, 0.05) is 13.1 Å². The molecule has 0 atom stereocenters.